The first-order valence-corrected chi connectivity index (χ1v) is 10.3. The van der Waals surface area contributed by atoms with Crippen molar-refractivity contribution >= 4 is 23.2 Å². The fraction of sp³-hybridized carbons (Fsp3) is 0.455. The fourth-order valence-corrected chi connectivity index (χ4v) is 3.43. The second-order valence-electron chi connectivity index (χ2n) is 8.17. The summed E-state index contributed by atoms with van der Waals surface area (Å²) >= 11 is 6.12. The van der Waals surface area contributed by atoms with Crippen LogP contribution in [0.3, 0.4) is 0 Å². The molecule has 1 aromatic carbocycles. The third-order valence-corrected chi connectivity index (χ3v) is 4.97. The Labute approximate surface area is 185 Å². The molecule has 0 atom stereocenters. The summed E-state index contributed by atoms with van der Waals surface area (Å²) in [5.41, 5.74) is 1.15. The third kappa shape index (κ3) is 6.12. The molecular formula is C22H26ClF2N3O3. The molecule has 1 fully saturated rings. The predicted molar refractivity (Wildman–Crippen MR) is 116 cm³/mol. The quantitative estimate of drug-likeness (QED) is 0.581. The average Bonchev–Trinajstić information content (AvgIpc) is 2.68. The molecule has 1 N–H and O–H groups in total. The number of amides is 1. The molecule has 0 spiro atoms. The maximum atomic E-state index is 13.4. The number of nitrogens with one attached hydrogen (secondary N) is 1. The summed E-state index contributed by atoms with van der Waals surface area (Å²) < 4.78 is 37.4. The molecule has 1 amide bonds. The molecule has 0 aliphatic carbocycles. The minimum absolute atomic E-state index is 0.177. The van der Waals surface area contributed by atoms with Crippen molar-refractivity contribution in [2.45, 2.75) is 25.3 Å². The lowest BCUT2D eigenvalue weighted by Gasteiger charge is -2.41. The van der Waals surface area contributed by atoms with Crippen LogP contribution in [0.15, 0.2) is 36.4 Å². The van der Waals surface area contributed by atoms with E-state index in [9.17, 15) is 13.6 Å². The first-order chi connectivity index (χ1) is 14.6. The van der Waals surface area contributed by atoms with Crippen molar-refractivity contribution in [1.82, 2.24) is 10.3 Å². The molecular weight excluding hydrogens is 428 g/mol. The van der Waals surface area contributed by atoms with Crippen LogP contribution in [0.5, 0.6) is 0 Å². The van der Waals surface area contributed by atoms with Gasteiger partial charge in [-0.3, -0.25) is 4.79 Å². The molecule has 2 aromatic rings. The zero-order chi connectivity index (χ0) is 22.6. The number of rotatable bonds is 9. The number of ether oxygens (including phenoxy) is 2. The van der Waals surface area contributed by atoms with Gasteiger partial charge in [0.2, 0.25) is 0 Å². The van der Waals surface area contributed by atoms with Crippen molar-refractivity contribution in [3.8, 4) is 11.3 Å². The van der Waals surface area contributed by atoms with Gasteiger partial charge in [0, 0.05) is 17.7 Å². The summed E-state index contributed by atoms with van der Waals surface area (Å²) in [5, 5.41) is 3.39. The number of anilines is 1. The van der Waals surface area contributed by atoms with Gasteiger partial charge in [-0.05, 0) is 38.1 Å². The topological polar surface area (TPSA) is 63.7 Å². The van der Waals surface area contributed by atoms with E-state index in [-0.39, 0.29) is 24.7 Å². The Balaban J connectivity index is 1.83. The van der Waals surface area contributed by atoms with Crippen molar-refractivity contribution in [2.75, 3.05) is 44.9 Å². The largest absolute Gasteiger partial charge is 0.382 e. The zero-order valence-electron chi connectivity index (χ0n) is 17.8. The summed E-state index contributed by atoms with van der Waals surface area (Å²) in [4.78, 5) is 18.9. The molecule has 1 aromatic heterocycles. The van der Waals surface area contributed by atoms with Gasteiger partial charge >= 0.3 is 0 Å². The van der Waals surface area contributed by atoms with E-state index in [1.54, 1.807) is 42.3 Å². The number of hydrogen-bond donors (Lipinski definition) is 1. The molecule has 9 heteroatoms. The number of carbonyl (C=O) groups excluding carboxylic acids is 1. The lowest BCUT2D eigenvalue weighted by atomic mass is 10.0. The van der Waals surface area contributed by atoms with Gasteiger partial charge in [0.1, 0.15) is 5.69 Å². The maximum Gasteiger partial charge on any atom is 0.282 e. The van der Waals surface area contributed by atoms with Gasteiger partial charge in [-0.15, -0.1) is 0 Å². The second kappa shape index (κ2) is 9.46. The van der Waals surface area contributed by atoms with E-state index in [2.05, 4.69) is 10.3 Å². The van der Waals surface area contributed by atoms with Gasteiger partial charge in [-0.25, -0.2) is 13.8 Å². The fourth-order valence-electron chi connectivity index (χ4n) is 3.24. The third-order valence-electron chi connectivity index (χ3n) is 4.74. The van der Waals surface area contributed by atoms with E-state index in [0.29, 0.717) is 41.8 Å². The lowest BCUT2D eigenvalue weighted by molar-refractivity contribution is -0.0262. The summed E-state index contributed by atoms with van der Waals surface area (Å²) in [7, 11) is 1.59. The van der Waals surface area contributed by atoms with Crippen LogP contribution in [0.2, 0.25) is 5.02 Å². The van der Waals surface area contributed by atoms with Crippen LogP contribution < -0.4 is 10.2 Å². The van der Waals surface area contributed by atoms with Crippen LogP contribution in [-0.2, 0) is 9.47 Å². The van der Waals surface area contributed by atoms with Gasteiger partial charge in [-0.2, -0.15) is 0 Å². The van der Waals surface area contributed by atoms with Crippen molar-refractivity contribution in [3.05, 3.63) is 47.1 Å². The molecule has 0 saturated carbocycles. The van der Waals surface area contributed by atoms with Crippen LogP contribution in [0, 0.1) is 0 Å². The molecule has 3 rings (SSSR count). The monoisotopic (exact) mass is 453 g/mol. The van der Waals surface area contributed by atoms with E-state index >= 15 is 0 Å². The number of benzene rings is 1. The van der Waals surface area contributed by atoms with Crippen molar-refractivity contribution < 1.29 is 23.0 Å². The smallest absolute Gasteiger partial charge is 0.282 e. The van der Waals surface area contributed by atoms with Crippen LogP contribution in [0.4, 0.5) is 14.5 Å². The Morgan fingerprint density at radius 2 is 2.00 bits per heavy atom. The normalized spacial score (nSPS) is 15.5. The maximum absolute atomic E-state index is 13.4. The lowest BCUT2D eigenvalue weighted by Crippen LogP contribution is -2.56. The molecule has 0 radical (unpaired) electrons. The van der Waals surface area contributed by atoms with Crippen LogP contribution in [0.25, 0.3) is 11.3 Å². The van der Waals surface area contributed by atoms with E-state index in [0.717, 1.165) is 0 Å². The minimum Gasteiger partial charge on any atom is -0.382 e. The van der Waals surface area contributed by atoms with Gasteiger partial charge in [-0.1, -0.05) is 23.7 Å². The summed E-state index contributed by atoms with van der Waals surface area (Å²) in [6, 6.07) is 10.1. The van der Waals surface area contributed by atoms with E-state index < -0.39 is 11.5 Å². The number of hydrogen-bond acceptors (Lipinski definition) is 5. The highest BCUT2D eigenvalue weighted by atomic mass is 35.5. The number of halogens is 3. The van der Waals surface area contributed by atoms with E-state index in [4.69, 9.17) is 21.1 Å². The summed E-state index contributed by atoms with van der Waals surface area (Å²) in [6.07, 6.45) is 0. The number of pyridine rings is 1. The molecule has 1 saturated heterocycles. The Hall–Kier alpha value is -2.29. The van der Waals surface area contributed by atoms with Gasteiger partial charge in [0.05, 0.1) is 49.8 Å². The Bertz CT molecular complexity index is 932. The Morgan fingerprint density at radius 3 is 2.65 bits per heavy atom. The molecule has 1 aliphatic heterocycles. The van der Waals surface area contributed by atoms with Gasteiger partial charge in [0.15, 0.2) is 0 Å². The minimum atomic E-state index is -2.73. The predicted octanol–water partition coefficient (Wildman–Crippen LogP) is 4.03. The first kappa shape index (κ1) is 23.4. The molecule has 0 bridgehead atoms. The van der Waals surface area contributed by atoms with Crippen LogP contribution in [0.1, 0.15) is 24.3 Å². The Morgan fingerprint density at radius 1 is 1.26 bits per heavy atom. The molecule has 2 heterocycles. The van der Waals surface area contributed by atoms with Crippen molar-refractivity contribution in [3.63, 3.8) is 0 Å². The number of methoxy groups -OCH3 is 1. The van der Waals surface area contributed by atoms with Gasteiger partial charge in [0.25, 0.3) is 11.8 Å². The average molecular weight is 454 g/mol. The van der Waals surface area contributed by atoms with Crippen LogP contribution >= 0.6 is 11.6 Å². The van der Waals surface area contributed by atoms with Gasteiger partial charge < -0.3 is 19.7 Å². The molecule has 0 unspecified atom stereocenters. The standard InChI is InChI=1S/C22H26ClF2N3O3/c1-21(2,14-31-10-9-30-3)27-20(29)17-7-8-18(28-12-22(24,25)13-28)19(26-17)15-5-4-6-16(23)11-15/h4-8,11H,9-10,12-14H2,1-3H3,(H,27,29). The number of nitrogens with zero attached hydrogens (tertiary/aromatic N) is 2. The molecule has 6 nitrogen and oxygen atoms in total. The van der Waals surface area contributed by atoms with Crippen molar-refractivity contribution in [2.24, 2.45) is 0 Å². The number of carbonyl (C=O) groups is 1. The SMILES string of the molecule is COCCOCC(C)(C)NC(=O)c1ccc(N2CC(F)(F)C2)c(-c2cccc(Cl)c2)n1. The molecule has 31 heavy (non-hydrogen) atoms. The van der Waals surface area contributed by atoms with Crippen LogP contribution in [-0.4, -0.2) is 62.4 Å². The summed E-state index contributed by atoms with van der Waals surface area (Å²) in [6.45, 7) is 4.08. The number of aromatic nitrogens is 1. The highest BCUT2D eigenvalue weighted by Gasteiger charge is 2.44. The molecule has 168 valence electrons. The first-order valence-electron chi connectivity index (χ1n) is 9.89. The highest BCUT2D eigenvalue weighted by molar-refractivity contribution is 6.30. The van der Waals surface area contributed by atoms with E-state index in [1.807, 2.05) is 13.8 Å². The number of alkyl halides is 2. The zero-order valence-corrected chi connectivity index (χ0v) is 18.5. The van der Waals surface area contributed by atoms with E-state index in [1.165, 1.54) is 6.07 Å². The summed E-state index contributed by atoms with van der Waals surface area (Å²) in [5.74, 6) is -3.11. The molecule has 1 aliphatic rings. The van der Waals surface area contributed by atoms with Crippen molar-refractivity contribution in [1.29, 1.82) is 0 Å². The second-order valence-corrected chi connectivity index (χ2v) is 8.61. The Kier molecular flexibility index (Phi) is 7.13. The highest BCUT2D eigenvalue weighted by Crippen LogP contribution is 2.37.